The molecule has 4 nitrogen and oxygen atoms in total. The highest BCUT2D eigenvalue weighted by molar-refractivity contribution is 5.48. The van der Waals surface area contributed by atoms with E-state index in [0.717, 1.165) is 44.0 Å². The lowest BCUT2D eigenvalue weighted by atomic mass is 10.2. The van der Waals surface area contributed by atoms with Crippen LogP contribution < -0.4 is 5.32 Å². The first-order chi connectivity index (χ1) is 8.20. The summed E-state index contributed by atoms with van der Waals surface area (Å²) in [6, 6.07) is 0. The Morgan fingerprint density at radius 1 is 1.24 bits per heavy atom. The van der Waals surface area contributed by atoms with Crippen LogP contribution in [0.2, 0.25) is 0 Å². The van der Waals surface area contributed by atoms with Crippen molar-refractivity contribution in [1.82, 2.24) is 14.9 Å². The van der Waals surface area contributed by atoms with E-state index in [1.54, 1.807) is 0 Å². The second-order valence-electron chi connectivity index (χ2n) is 4.85. The Hall–Kier alpha value is -1.16. The third kappa shape index (κ3) is 2.94. The molecule has 0 radical (unpaired) electrons. The van der Waals surface area contributed by atoms with Gasteiger partial charge < -0.3 is 10.2 Å². The van der Waals surface area contributed by atoms with E-state index >= 15 is 0 Å². The summed E-state index contributed by atoms with van der Waals surface area (Å²) in [6.45, 7) is 4.05. The van der Waals surface area contributed by atoms with Gasteiger partial charge in [-0.05, 0) is 40.3 Å². The van der Waals surface area contributed by atoms with Gasteiger partial charge in [0.2, 0.25) is 0 Å². The number of aromatic nitrogens is 2. The van der Waals surface area contributed by atoms with Crippen molar-refractivity contribution in [1.29, 1.82) is 0 Å². The quantitative estimate of drug-likeness (QED) is 0.838. The number of aryl methyl sites for hydroxylation is 1. The van der Waals surface area contributed by atoms with Crippen LogP contribution in [-0.4, -0.2) is 42.1 Å². The van der Waals surface area contributed by atoms with Crippen LogP contribution >= 0.6 is 0 Å². The number of rotatable bonds is 5. The fourth-order valence-electron chi connectivity index (χ4n) is 2.23. The summed E-state index contributed by atoms with van der Waals surface area (Å²) in [6.07, 6.45) is 4.40. The standard InChI is InChI=1S/C13H22N4/c1-4-14-13-10-6-5-7-11(10)15-12(16-13)8-9-17(2)3/h4-9H2,1-3H3,(H,14,15,16). The molecule has 0 aliphatic heterocycles. The van der Waals surface area contributed by atoms with E-state index in [1.165, 1.54) is 17.7 Å². The summed E-state index contributed by atoms with van der Waals surface area (Å²) in [7, 11) is 4.16. The molecule has 1 aliphatic carbocycles. The molecule has 0 amide bonds. The fourth-order valence-corrected chi connectivity index (χ4v) is 2.23. The Bertz CT molecular complexity index is 387. The van der Waals surface area contributed by atoms with E-state index in [9.17, 15) is 0 Å². The molecule has 2 rings (SSSR count). The van der Waals surface area contributed by atoms with Crippen molar-refractivity contribution < 1.29 is 0 Å². The Balaban J connectivity index is 2.20. The molecule has 0 fully saturated rings. The summed E-state index contributed by atoms with van der Waals surface area (Å²) in [5.41, 5.74) is 2.62. The van der Waals surface area contributed by atoms with E-state index in [4.69, 9.17) is 4.98 Å². The highest BCUT2D eigenvalue weighted by Crippen LogP contribution is 2.26. The molecule has 1 heterocycles. The van der Waals surface area contributed by atoms with Crippen molar-refractivity contribution in [3.05, 3.63) is 17.1 Å². The van der Waals surface area contributed by atoms with Crippen molar-refractivity contribution in [3.63, 3.8) is 0 Å². The van der Waals surface area contributed by atoms with Gasteiger partial charge in [-0.2, -0.15) is 0 Å². The predicted molar refractivity (Wildman–Crippen MR) is 70.5 cm³/mol. The summed E-state index contributed by atoms with van der Waals surface area (Å²) in [4.78, 5) is 11.5. The van der Waals surface area contributed by atoms with Crippen LogP contribution in [-0.2, 0) is 19.3 Å². The summed E-state index contributed by atoms with van der Waals surface area (Å²) in [5, 5.41) is 3.37. The molecule has 0 aromatic carbocycles. The van der Waals surface area contributed by atoms with Crippen LogP contribution in [0.5, 0.6) is 0 Å². The lowest BCUT2D eigenvalue weighted by Crippen LogP contribution is -2.17. The molecule has 0 atom stereocenters. The average molecular weight is 234 g/mol. The van der Waals surface area contributed by atoms with Gasteiger partial charge in [0.05, 0.1) is 0 Å². The molecule has 94 valence electrons. The van der Waals surface area contributed by atoms with Gasteiger partial charge in [-0.25, -0.2) is 9.97 Å². The van der Waals surface area contributed by atoms with Crippen molar-refractivity contribution in [2.45, 2.75) is 32.6 Å². The van der Waals surface area contributed by atoms with E-state index in [2.05, 4.69) is 36.2 Å². The second kappa shape index (κ2) is 5.45. The minimum Gasteiger partial charge on any atom is -0.370 e. The SMILES string of the molecule is CCNc1nc(CCN(C)C)nc2c1CCC2. The first-order valence-electron chi connectivity index (χ1n) is 6.48. The van der Waals surface area contributed by atoms with Crippen LogP contribution in [0.15, 0.2) is 0 Å². The van der Waals surface area contributed by atoms with E-state index in [1.807, 2.05) is 0 Å². The van der Waals surface area contributed by atoms with E-state index in [-0.39, 0.29) is 0 Å². The summed E-state index contributed by atoms with van der Waals surface area (Å²) in [5.74, 6) is 2.05. The van der Waals surface area contributed by atoms with Gasteiger partial charge >= 0.3 is 0 Å². The van der Waals surface area contributed by atoms with Gasteiger partial charge in [0.25, 0.3) is 0 Å². The van der Waals surface area contributed by atoms with Crippen LogP contribution in [0.3, 0.4) is 0 Å². The van der Waals surface area contributed by atoms with E-state index in [0.29, 0.717) is 0 Å². The van der Waals surface area contributed by atoms with Crippen LogP contribution in [0.1, 0.15) is 30.4 Å². The van der Waals surface area contributed by atoms with Crippen LogP contribution in [0.4, 0.5) is 5.82 Å². The molecule has 1 aromatic rings. The Kier molecular flexibility index (Phi) is 3.94. The van der Waals surface area contributed by atoms with Crippen molar-refractivity contribution in [2.24, 2.45) is 0 Å². The van der Waals surface area contributed by atoms with E-state index < -0.39 is 0 Å². The zero-order chi connectivity index (χ0) is 12.3. The zero-order valence-electron chi connectivity index (χ0n) is 11.1. The lowest BCUT2D eigenvalue weighted by molar-refractivity contribution is 0.409. The monoisotopic (exact) mass is 234 g/mol. The molecule has 1 N–H and O–H groups in total. The number of hydrogen-bond acceptors (Lipinski definition) is 4. The van der Waals surface area contributed by atoms with Crippen molar-refractivity contribution in [3.8, 4) is 0 Å². The minimum atomic E-state index is 0.927. The number of anilines is 1. The lowest BCUT2D eigenvalue weighted by Gasteiger charge is -2.12. The molecule has 1 aliphatic rings. The maximum absolute atomic E-state index is 4.69. The van der Waals surface area contributed by atoms with Crippen LogP contribution in [0.25, 0.3) is 0 Å². The molecule has 0 unspecified atom stereocenters. The number of likely N-dealkylation sites (N-methyl/N-ethyl adjacent to an activating group) is 1. The first kappa shape index (κ1) is 12.3. The third-order valence-electron chi connectivity index (χ3n) is 3.11. The topological polar surface area (TPSA) is 41.1 Å². The highest BCUT2D eigenvalue weighted by atomic mass is 15.1. The highest BCUT2D eigenvalue weighted by Gasteiger charge is 2.18. The average Bonchev–Trinajstić information content (AvgIpc) is 2.75. The molecule has 17 heavy (non-hydrogen) atoms. The Morgan fingerprint density at radius 3 is 2.76 bits per heavy atom. The minimum absolute atomic E-state index is 0.927. The summed E-state index contributed by atoms with van der Waals surface area (Å²) < 4.78 is 0. The third-order valence-corrected chi connectivity index (χ3v) is 3.11. The van der Waals surface area contributed by atoms with Crippen molar-refractivity contribution >= 4 is 5.82 Å². The number of nitrogens with one attached hydrogen (secondary N) is 1. The maximum Gasteiger partial charge on any atom is 0.133 e. The molecular formula is C13H22N4. The van der Waals surface area contributed by atoms with Gasteiger partial charge in [0.15, 0.2) is 0 Å². The molecule has 0 spiro atoms. The molecule has 1 aromatic heterocycles. The van der Waals surface area contributed by atoms with Gasteiger partial charge in [-0.15, -0.1) is 0 Å². The summed E-state index contributed by atoms with van der Waals surface area (Å²) >= 11 is 0. The number of hydrogen-bond donors (Lipinski definition) is 1. The molecule has 0 bridgehead atoms. The maximum atomic E-state index is 4.69. The normalized spacial score (nSPS) is 14.1. The second-order valence-corrected chi connectivity index (χ2v) is 4.85. The number of fused-ring (bicyclic) bond motifs is 1. The number of nitrogens with zero attached hydrogens (tertiary/aromatic N) is 3. The molecule has 4 heteroatoms. The zero-order valence-corrected chi connectivity index (χ0v) is 11.1. The first-order valence-corrected chi connectivity index (χ1v) is 6.48. The largest absolute Gasteiger partial charge is 0.370 e. The smallest absolute Gasteiger partial charge is 0.133 e. The van der Waals surface area contributed by atoms with Gasteiger partial charge in [-0.1, -0.05) is 0 Å². The Morgan fingerprint density at radius 2 is 2.06 bits per heavy atom. The molecular weight excluding hydrogens is 212 g/mol. The van der Waals surface area contributed by atoms with Crippen LogP contribution in [0, 0.1) is 0 Å². The Labute approximate surface area is 103 Å². The molecule has 0 saturated carbocycles. The van der Waals surface area contributed by atoms with Gasteiger partial charge in [0.1, 0.15) is 11.6 Å². The van der Waals surface area contributed by atoms with Crippen molar-refractivity contribution in [2.75, 3.05) is 32.5 Å². The van der Waals surface area contributed by atoms with Gasteiger partial charge in [0, 0.05) is 30.8 Å². The molecule has 0 saturated heterocycles. The predicted octanol–water partition coefficient (Wildman–Crippen LogP) is 1.50. The fraction of sp³-hybridized carbons (Fsp3) is 0.692. The van der Waals surface area contributed by atoms with Gasteiger partial charge in [-0.3, -0.25) is 0 Å².